The lowest BCUT2D eigenvalue weighted by Gasteiger charge is -2.60. The average Bonchev–Trinajstić information content (AvgIpc) is 3.19. The highest BCUT2D eigenvalue weighted by atomic mass is 16.7. The number of carbonyl (C=O) groups excluding carboxylic acids is 1. The molecule has 1 N–H and O–H groups in total. The SMILES string of the molecule is CC(=O)[C@H]1CC[C@H]2[C@@H]3CC=C4CC5(CC[C@]4(C)[C@H]3[C@@H](O)C[C@]12C)OC=CO5. The second-order valence-electron chi connectivity index (χ2n) is 10.3. The van der Waals surface area contributed by atoms with Gasteiger partial charge in [0.05, 0.1) is 6.10 Å². The van der Waals surface area contributed by atoms with Gasteiger partial charge in [-0.05, 0) is 67.6 Å². The van der Waals surface area contributed by atoms with Crippen LogP contribution >= 0.6 is 0 Å². The lowest BCUT2D eigenvalue weighted by Crippen LogP contribution is -2.57. The Labute approximate surface area is 162 Å². The summed E-state index contributed by atoms with van der Waals surface area (Å²) >= 11 is 0. The predicted octanol–water partition coefficient (Wildman–Crippen LogP) is 4.34. The molecule has 4 heteroatoms. The molecule has 0 aromatic heterocycles. The maximum absolute atomic E-state index is 12.3. The molecule has 4 aliphatic carbocycles. The number of hydrogen-bond donors (Lipinski definition) is 1. The van der Waals surface area contributed by atoms with Crippen LogP contribution in [0.1, 0.15) is 65.7 Å². The van der Waals surface area contributed by atoms with Crippen LogP contribution in [0.25, 0.3) is 0 Å². The molecule has 1 aliphatic heterocycles. The third-order valence-corrected chi connectivity index (χ3v) is 9.15. The van der Waals surface area contributed by atoms with Crippen molar-refractivity contribution in [3.63, 3.8) is 0 Å². The number of hydrogen-bond acceptors (Lipinski definition) is 4. The van der Waals surface area contributed by atoms with Gasteiger partial charge in [-0.3, -0.25) is 4.79 Å². The Morgan fingerprint density at radius 3 is 2.63 bits per heavy atom. The van der Waals surface area contributed by atoms with Gasteiger partial charge >= 0.3 is 0 Å². The van der Waals surface area contributed by atoms with Gasteiger partial charge < -0.3 is 14.6 Å². The minimum atomic E-state index is -0.514. The first kappa shape index (κ1) is 17.8. The van der Waals surface area contributed by atoms with E-state index in [1.807, 2.05) is 0 Å². The highest BCUT2D eigenvalue weighted by molar-refractivity contribution is 5.79. The molecule has 0 bridgehead atoms. The summed E-state index contributed by atoms with van der Waals surface area (Å²) in [5.41, 5.74) is 1.38. The highest BCUT2D eigenvalue weighted by Crippen LogP contribution is 2.67. The fourth-order valence-corrected chi connectivity index (χ4v) is 7.94. The van der Waals surface area contributed by atoms with Crippen molar-refractivity contribution in [2.45, 2.75) is 77.6 Å². The van der Waals surface area contributed by atoms with Gasteiger partial charge in [0.2, 0.25) is 0 Å². The maximum atomic E-state index is 12.3. The molecule has 0 saturated heterocycles. The Kier molecular flexibility index (Phi) is 3.70. The molecular formula is C23H32O4. The first-order valence-corrected chi connectivity index (χ1v) is 10.7. The van der Waals surface area contributed by atoms with Crippen LogP contribution in [0.4, 0.5) is 0 Å². The molecule has 148 valence electrons. The third kappa shape index (κ3) is 2.28. The first-order valence-electron chi connectivity index (χ1n) is 10.7. The zero-order valence-electron chi connectivity index (χ0n) is 16.7. The van der Waals surface area contributed by atoms with Crippen LogP contribution < -0.4 is 0 Å². The molecule has 3 fully saturated rings. The molecule has 5 aliphatic rings. The van der Waals surface area contributed by atoms with E-state index in [1.54, 1.807) is 19.4 Å². The lowest BCUT2D eigenvalue weighted by molar-refractivity contribution is -0.184. The number of carbonyl (C=O) groups is 1. The Hall–Kier alpha value is -1.29. The minimum absolute atomic E-state index is 0.0124. The fraction of sp³-hybridized carbons (Fsp3) is 0.783. The zero-order valence-corrected chi connectivity index (χ0v) is 16.7. The minimum Gasteiger partial charge on any atom is -0.456 e. The van der Waals surface area contributed by atoms with Crippen molar-refractivity contribution in [1.82, 2.24) is 0 Å². The zero-order chi connectivity index (χ0) is 19.0. The molecular weight excluding hydrogens is 340 g/mol. The van der Waals surface area contributed by atoms with Crippen molar-refractivity contribution < 1.29 is 19.4 Å². The number of aliphatic hydroxyl groups is 1. The summed E-state index contributed by atoms with van der Waals surface area (Å²) in [6.07, 6.45) is 12.0. The topological polar surface area (TPSA) is 55.8 Å². The Morgan fingerprint density at radius 1 is 1.19 bits per heavy atom. The van der Waals surface area contributed by atoms with Gasteiger partial charge in [-0.2, -0.15) is 0 Å². The monoisotopic (exact) mass is 372 g/mol. The van der Waals surface area contributed by atoms with E-state index in [2.05, 4.69) is 19.9 Å². The van der Waals surface area contributed by atoms with Crippen molar-refractivity contribution in [3.05, 3.63) is 24.2 Å². The van der Waals surface area contributed by atoms with Gasteiger partial charge in [0.25, 0.3) is 5.79 Å². The Morgan fingerprint density at radius 2 is 1.93 bits per heavy atom. The summed E-state index contributed by atoms with van der Waals surface area (Å²) in [4.78, 5) is 12.3. The number of ether oxygens (including phenoxy) is 2. The summed E-state index contributed by atoms with van der Waals surface area (Å²) in [7, 11) is 0. The molecule has 7 atom stereocenters. The fourth-order valence-electron chi connectivity index (χ4n) is 7.94. The van der Waals surface area contributed by atoms with E-state index < -0.39 is 5.79 Å². The normalized spacial score (nSPS) is 49.5. The van der Waals surface area contributed by atoms with Crippen LogP contribution in [0.2, 0.25) is 0 Å². The second kappa shape index (κ2) is 5.62. The van der Waals surface area contributed by atoms with Crippen LogP contribution in [0.5, 0.6) is 0 Å². The van der Waals surface area contributed by atoms with Crippen LogP contribution in [-0.2, 0) is 14.3 Å². The number of aliphatic hydroxyl groups excluding tert-OH is 1. The summed E-state index contributed by atoms with van der Waals surface area (Å²) in [5, 5.41) is 11.4. The van der Waals surface area contributed by atoms with E-state index in [0.717, 1.165) is 44.9 Å². The third-order valence-electron chi connectivity index (χ3n) is 9.15. The number of fused-ring (bicyclic) bond motifs is 5. The Balaban J connectivity index is 1.49. The molecule has 0 aromatic rings. The summed E-state index contributed by atoms with van der Waals surface area (Å²) in [6.45, 7) is 6.38. The van der Waals surface area contributed by atoms with Gasteiger partial charge in [0, 0.05) is 18.8 Å². The van der Waals surface area contributed by atoms with Crippen molar-refractivity contribution in [1.29, 1.82) is 0 Å². The summed E-state index contributed by atoms with van der Waals surface area (Å²) in [5.74, 6) is 1.23. The van der Waals surface area contributed by atoms with Crippen molar-refractivity contribution in [3.8, 4) is 0 Å². The van der Waals surface area contributed by atoms with E-state index in [4.69, 9.17) is 9.47 Å². The smallest absolute Gasteiger partial charge is 0.253 e. The number of ketones is 1. The van der Waals surface area contributed by atoms with Crippen LogP contribution in [0.3, 0.4) is 0 Å². The quantitative estimate of drug-likeness (QED) is 0.696. The first-order chi connectivity index (χ1) is 12.8. The molecule has 3 saturated carbocycles. The van der Waals surface area contributed by atoms with Crippen LogP contribution in [0, 0.1) is 34.5 Å². The van der Waals surface area contributed by atoms with Crippen molar-refractivity contribution in [2.75, 3.05) is 0 Å². The second-order valence-corrected chi connectivity index (χ2v) is 10.3. The summed E-state index contributed by atoms with van der Waals surface area (Å²) in [6, 6.07) is 0. The molecule has 4 nitrogen and oxygen atoms in total. The Bertz CT molecular complexity index is 716. The number of allylic oxidation sites excluding steroid dienone is 1. The average molecular weight is 373 g/mol. The van der Waals surface area contributed by atoms with Crippen LogP contribution in [-0.4, -0.2) is 22.8 Å². The van der Waals surface area contributed by atoms with Crippen LogP contribution in [0.15, 0.2) is 24.2 Å². The number of Topliss-reactive ketones (excluding diaryl/α,β-unsaturated/α-hetero) is 1. The van der Waals surface area contributed by atoms with Gasteiger partial charge in [-0.15, -0.1) is 0 Å². The number of rotatable bonds is 1. The largest absolute Gasteiger partial charge is 0.456 e. The molecule has 0 aromatic carbocycles. The van der Waals surface area contributed by atoms with E-state index in [1.165, 1.54) is 5.57 Å². The van der Waals surface area contributed by atoms with Gasteiger partial charge in [-0.25, -0.2) is 0 Å². The molecule has 1 spiro atoms. The molecule has 1 heterocycles. The molecule has 0 unspecified atom stereocenters. The predicted molar refractivity (Wildman–Crippen MR) is 101 cm³/mol. The molecule has 0 radical (unpaired) electrons. The lowest BCUT2D eigenvalue weighted by atomic mass is 9.46. The maximum Gasteiger partial charge on any atom is 0.253 e. The molecule has 27 heavy (non-hydrogen) atoms. The van der Waals surface area contributed by atoms with Crippen molar-refractivity contribution in [2.24, 2.45) is 34.5 Å². The van der Waals surface area contributed by atoms with E-state index in [-0.39, 0.29) is 28.8 Å². The molecule has 0 amide bonds. The van der Waals surface area contributed by atoms with Gasteiger partial charge in [0.1, 0.15) is 18.3 Å². The van der Waals surface area contributed by atoms with Gasteiger partial charge in [-0.1, -0.05) is 25.5 Å². The van der Waals surface area contributed by atoms with Crippen molar-refractivity contribution >= 4 is 5.78 Å². The summed E-state index contributed by atoms with van der Waals surface area (Å²) < 4.78 is 11.6. The standard InChI is InChI=1S/C23H32O4/c1-14(24)17-6-7-18-16-5-4-15-12-23(26-10-11-27-23)9-8-21(15,2)20(16)19(25)13-22(17,18)3/h4,10-11,16-20,25H,5-9,12-13H2,1-3H3/t16-,17+,18-,19-,20+,21-,22+/m0/s1. The van der Waals surface area contributed by atoms with E-state index in [9.17, 15) is 9.90 Å². The highest BCUT2D eigenvalue weighted by Gasteiger charge is 2.63. The van der Waals surface area contributed by atoms with E-state index >= 15 is 0 Å². The van der Waals surface area contributed by atoms with Gasteiger partial charge in [0.15, 0.2) is 0 Å². The van der Waals surface area contributed by atoms with E-state index in [0.29, 0.717) is 17.6 Å². The molecule has 5 rings (SSSR count).